The molecular weight excluding hydrogens is 212 g/mol. The highest BCUT2D eigenvalue weighted by Gasteiger charge is 2.39. The number of amides is 1. The fourth-order valence-corrected chi connectivity index (χ4v) is 1.97. The molecule has 1 saturated carbocycles. The molecule has 90 valence electrons. The van der Waals surface area contributed by atoms with Crippen molar-refractivity contribution >= 4 is 5.91 Å². The van der Waals surface area contributed by atoms with Crippen molar-refractivity contribution in [2.45, 2.75) is 38.5 Å². The fourth-order valence-electron chi connectivity index (χ4n) is 1.97. The first kappa shape index (κ1) is 13.0. The summed E-state index contributed by atoms with van der Waals surface area (Å²) in [7, 11) is 1.61. The number of nitrogens with zero attached hydrogens (tertiary/aromatic N) is 1. The molecule has 1 unspecified atom stereocenters. The first-order chi connectivity index (χ1) is 7.46. The van der Waals surface area contributed by atoms with Crippen LogP contribution >= 0.6 is 0 Å². The summed E-state index contributed by atoms with van der Waals surface area (Å²) in [5.41, 5.74) is 0. The predicted molar refractivity (Wildman–Crippen MR) is 58.0 cm³/mol. The van der Waals surface area contributed by atoms with Gasteiger partial charge in [-0.3, -0.25) is 4.79 Å². The van der Waals surface area contributed by atoms with Crippen molar-refractivity contribution in [2.75, 3.05) is 13.6 Å². The van der Waals surface area contributed by atoms with Gasteiger partial charge in [-0.2, -0.15) is 0 Å². The van der Waals surface area contributed by atoms with E-state index in [1.165, 1.54) is 4.90 Å². The molecule has 1 fully saturated rings. The number of carbonyl (C=O) groups excluding carboxylic acids is 1. The Morgan fingerprint density at radius 3 is 2.81 bits per heavy atom. The van der Waals surface area contributed by atoms with E-state index in [0.29, 0.717) is 19.4 Å². The molecule has 1 rings (SSSR count). The second-order valence-corrected chi connectivity index (χ2v) is 4.27. The lowest BCUT2D eigenvalue weighted by molar-refractivity contribution is -0.140. The van der Waals surface area contributed by atoms with Crippen LogP contribution in [0.5, 0.6) is 0 Å². The van der Waals surface area contributed by atoms with Gasteiger partial charge in [0, 0.05) is 25.8 Å². The molecule has 0 N–H and O–H groups in total. The second-order valence-electron chi connectivity index (χ2n) is 4.27. The van der Waals surface area contributed by atoms with Crippen LogP contribution in [0.3, 0.4) is 0 Å². The highest BCUT2D eigenvalue weighted by Crippen LogP contribution is 2.37. The molecule has 1 atom stereocenters. The average Bonchev–Trinajstić information content (AvgIpc) is 2.23. The lowest BCUT2D eigenvalue weighted by Gasteiger charge is -2.30. The van der Waals surface area contributed by atoms with Gasteiger partial charge in [-0.05, 0) is 19.8 Å². The average molecular weight is 229 g/mol. The predicted octanol–water partition coefficient (Wildman–Crippen LogP) is 2.29. The van der Waals surface area contributed by atoms with Gasteiger partial charge in [0.05, 0.1) is 6.54 Å². The second kappa shape index (κ2) is 5.29. The van der Waals surface area contributed by atoms with Crippen LogP contribution < -0.4 is 0 Å². The molecule has 1 amide bonds. The van der Waals surface area contributed by atoms with Crippen LogP contribution in [0.4, 0.5) is 8.78 Å². The van der Waals surface area contributed by atoms with E-state index in [1.54, 1.807) is 14.0 Å². The Balaban J connectivity index is 2.55. The summed E-state index contributed by atoms with van der Waals surface area (Å²) < 4.78 is 26.3. The van der Waals surface area contributed by atoms with E-state index >= 15 is 0 Å². The van der Waals surface area contributed by atoms with Crippen LogP contribution in [0, 0.1) is 17.8 Å². The maximum atomic E-state index is 13.1. The van der Waals surface area contributed by atoms with Gasteiger partial charge in [-0.15, -0.1) is 5.92 Å². The van der Waals surface area contributed by atoms with Gasteiger partial charge in [0.15, 0.2) is 0 Å². The van der Waals surface area contributed by atoms with Crippen molar-refractivity contribution in [3.63, 3.8) is 0 Å². The van der Waals surface area contributed by atoms with Crippen molar-refractivity contribution in [1.82, 2.24) is 4.90 Å². The van der Waals surface area contributed by atoms with E-state index in [0.717, 1.165) is 0 Å². The molecule has 2 nitrogen and oxygen atoms in total. The number of hydrogen-bond acceptors (Lipinski definition) is 1. The molecule has 0 aliphatic heterocycles. The molecule has 1 aliphatic rings. The SMILES string of the molecule is CC#CCN(C)C(=O)C1CCCC(F)(F)C1. The van der Waals surface area contributed by atoms with Gasteiger partial charge in [0.1, 0.15) is 0 Å². The van der Waals surface area contributed by atoms with Crippen molar-refractivity contribution in [2.24, 2.45) is 5.92 Å². The topological polar surface area (TPSA) is 20.3 Å². The summed E-state index contributed by atoms with van der Waals surface area (Å²) in [5.74, 6) is 2.02. The lowest BCUT2D eigenvalue weighted by Crippen LogP contribution is -2.38. The monoisotopic (exact) mass is 229 g/mol. The van der Waals surface area contributed by atoms with Crippen LogP contribution in [-0.4, -0.2) is 30.3 Å². The summed E-state index contributed by atoms with van der Waals surface area (Å²) in [6, 6.07) is 0. The molecule has 0 aromatic rings. The lowest BCUT2D eigenvalue weighted by atomic mass is 9.85. The summed E-state index contributed by atoms with van der Waals surface area (Å²) in [6.07, 6.45) is 0.597. The Morgan fingerprint density at radius 2 is 2.25 bits per heavy atom. The van der Waals surface area contributed by atoms with Crippen LogP contribution in [0.25, 0.3) is 0 Å². The third-order valence-corrected chi connectivity index (χ3v) is 2.86. The fraction of sp³-hybridized carbons (Fsp3) is 0.750. The highest BCUT2D eigenvalue weighted by atomic mass is 19.3. The van der Waals surface area contributed by atoms with E-state index in [9.17, 15) is 13.6 Å². The molecule has 0 radical (unpaired) electrons. The van der Waals surface area contributed by atoms with Gasteiger partial charge >= 0.3 is 0 Å². The summed E-state index contributed by atoms with van der Waals surface area (Å²) in [5, 5.41) is 0. The minimum Gasteiger partial charge on any atom is -0.334 e. The van der Waals surface area contributed by atoms with E-state index in [-0.39, 0.29) is 18.7 Å². The molecular formula is C12H17F2NO. The van der Waals surface area contributed by atoms with Gasteiger partial charge < -0.3 is 4.90 Å². The Morgan fingerprint density at radius 1 is 1.56 bits per heavy atom. The van der Waals surface area contributed by atoms with E-state index in [4.69, 9.17) is 0 Å². The minimum absolute atomic E-state index is 0.0880. The van der Waals surface area contributed by atoms with Gasteiger partial charge in [0.25, 0.3) is 0 Å². The van der Waals surface area contributed by atoms with Crippen molar-refractivity contribution in [3.8, 4) is 11.8 Å². The maximum absolute atomic E-state index is 13.1. The molecule has 16 heavy (non-hydrogen) atoms. The normalized spacial score (nSPS) is 23.1. The summed E-state index contributed by atoms with van der Waals surface area (Å²) in [4.78, 5) is 13.2. The van der Waals surface area contributed by atoms with Gasteiger partial charge in [-0.25, -0.2) is 8.78 Å². The third-order valence-electron chi connectivity index (χ3n) is 2.86. The minimum atomic E-state index is -2.67. The first-order valence-corrected chi connectivity index (χ1v) is 5.48. The standard InChI is InChI=1S/C12H17F2NO/c1-3-4-8-15(2)11(16)10-6-5-7-12(13,14)9-10/h10H,5-9H2,1-2H3. The number of carbonyl (C=O) groups is 1. The zero-order valence-corrected chi connectivity index (χ0v) is 9.72. The van der Waals surface area contributed by atoms with Crippen molar-refractivity contribution in [1.29, 1.82) is 0 Å². The quantitative estimate of drug-likeness (QED) is 0.665. The van der Waals surface area contributed by atoms with Gasteiger partial charge in [-0.1, -0.05) is 5.92 Å². The first-order valence-electron chi connectivity index (χ1n) is 5.48. The Bertz CT molecular complexity index is 317. The molecule has 1 aliphatic carbocycles. The molecule has 0 bridgehead atoms. The summed E-state index contributed by atoms with van der Waals surface area (Å²) >= 11 is 0. The summed E-state index contributed by atoms with van der Waals surface area (Å²) in [6.45, 7) is 2.00. The number of rotatable bonds is 2. The molecule has 0 saturated heterocycles. The Kier molecular flexibility index (Phi) is 4.28. The molecule has 0 heterocycles. The van der Waals surface area contributed by atoms with Gasteiger partial charge in [0.2, 0.25) is 11.8 Å². The molecule has 0 aromatic heterocycles. The van der Waals surface area contributed by atoms with E-state index < -0.39 is 11.8 Å². The molecule has 0 aromatic carbocycles. The van der Waals surface area contributed by atoms with E-state index in [1.807, 2.05) is 0 Å². The van der Waals surface area contributed by atoms with Crippen LogP contribution in [0.15, 0.2) is 0 Å². The van der Waals surface area contributed by atoms with Crippen LogP contribution in [0.1, 0.15) is 32.6 Å². The Hall–Kier alpha value is -1.11. The van der Waals surface area contributed by atoms with Crippen LogP contribution in [-0.2, 0) is 4.79 Å². The zero-order chi connectivity index (χ0) is 12.2. The number of alkyl halides is 2. The Labute approximate surface area is 95.0 Å². The third kappa shape index (κ3) is 3.48. The molecule has 0 spiro atoms. The maximum Gasteiger partial charge on any atom is 0.248 e. The smallest absolute Gasteiger partial charge is 0.248 e. The van der Waals surface area contributed by atoms with E-state index in [2.05, 4.69) is 11.8 Å². The van der Waals surface area contributed by atoms with Crippen LogP contribution in [0.2, 0.25) is 0 Å². The number of halogens is 2. The zero-order valence-electron chi connectivity index (χ0n) is 9.72. The van der Waals surface area contributed by atoms with Crippen molar-refractivity contribution in [3.05, 3.63) is 0 Å². The van der Waals surface area contributed by atoms with Crippen molar-refractivity contribution < 1.29 is 13.6 Å². The molecule has 4 heteroatoms. The number of hydrogen-bond donors (Lipinski definition) is 0. The largest absolute Gasteiger partial charge is 0.334 e. The highest BCUT2D eigenvalue weighted by molar-refractivity contribution is 5.79.